The Kier molecular flexibility index (Phi) is 10.7. The van der Waals surface area contributed by atoms with Crippen LogP contribution < -0.4 is 10.2 Å². The molecule has 4 unspecified atom stereocenters. The number of aliphatic hydroxyl groups excluding tert-OH is 1. The summed E-state index contributed by atoms with van der Waals surface area (Å²) in [7, 11) is 1.45. The van der Waals surface area contributed by atoms with Crippen molar-refractivity contribution < 1.29 is 23.8 Å². The summed E-state index contributed by atoms with van der Waals surface area (Å²) in [5.74, 6) is -0.455. The lowest BCUT2D eigenvalue weighted by Gasteiger charge is -2.33. The highest BCUT2D eigenvalue weighted by Gasteiger charge is 2.36. The highest BCUT2D eigenvalue weighted by atomic mass is 19.1. The molecule has 2 aromatic rings. The molecule has 2 N–H and O–H groups in total. The number of ether oxygens (including phenoxy) is 1. The van der Waals surface area contributed by atoms with Crippen molar-refractivity contribution >= 4 is 23.2 Å². The number of benzene rings is 2. The van der Waals surface area contributed by atoms with E-state index in [0.717, 1.165) is 30.5 Å². The van der Waals surface area contributed by atoms with Gasteiger partial charge in [0.2, 0.25) is 11.8 Å². The number of nitrogens with one attached hydrogen (secondary N) is 1. The summed E-state index contributed by atoms with van der Waals surface area (Å²) in [5.41, 5.74) is 3.99. The average Bonchev–Trinajstić information content (AvgIpc) is 3.64. The highest BCUT2D eigenvalue weighted by molar-refractivity contribution is 5.97. The van der Waals surface area contributed by atoms with Crippen LogP contribution >= 0.6 is 0 Å². The smallest absolute Gasteiger partial charge is 0.247 e. The van der Waals surface area contributed by atoms with E-state index in [0.29, 0.717) is 44.3 Å². The Bertz CT molecular complexity index is 1210. The fourth-order valence-corrected chi connectivity index (χ4v) is 6.06. The first-order valence-electron chi connectivity index (χ1n) is 14.6. The normalized spacial score (nSPS) is 21.7. The number of methoxy groups -OCH3 is 1. The number of amides is 2. The van der Waals surface area contributed by atoms with Crippen LogP contribution in [-0.2, 0) is 14.3 Å². The maximum absolute atomic E-state index is 13.7. The summed E-state index contributed by atoms with van der Waals surface area (Å²) in [6, 6.07) is 14.4. The molecular weight excluding hydrogens is 521 g/mol. The summed E-state index contributed by atoms with van der Waals surface area (Å²) in [5, 5.41) is 12.5. The molecule has 7 nitrogen and oxygen atoms in total. The molecule has 0 aromatic heterocycles. The van der Waals surface area contributed by atoms with Gasteiger partial charge in [0.1, 0.15) is 11.9 Å². The van der Waals surface area contributed by atoms with Crippen LogP contribution in [0.2, 0.25) is 0 Å². The van der Waals surface area contributed by atoms with E-state index in [1.165, 1.54) is 24.8 Å². The van der Waals surface area contributed by atoms with Crippen molar-refractivity contribution in [3.05, 3.63) is 84.2 Å². The van der Waals surface area contributed by atoms with Gasteiger partial charge in [0, 0.05) is 31.5 Å². The van der Waals surface area contributed by atoms with Crippen molar-refractivity contribution in [1.82, 2.24) is 4.90 Å². The van der Waals surface area contributed by atoms with Gasteiger partial charge in [-0.2, -0.15) is 0 Å². The Morgan fingerprint density at radius 1 is 1.10 bits per heavy atom. The first-order valence-corrected chi connectivity index (χ1v) is 14.6. The number of allylic oxidation sites excluding steroid dienone is 2. The van der Waals surface area contributed by atoms with E-state index < -0.39 is 12.3 Å². The first-order chi connectivity index (χ1) is 19.8. The molecule has 4 rings (SSSR count). The molecule has 4 atom stereocenters. The molecule has 2 fully saturated rings. The maximum atomic E-state index is 13.7. The predicted molar refractivity (Wildman–Crippen MR) is 160 cm³/mol. The number of rotatable bonds is 12. The SMILES string of the molecule is C=CC=C(C)C1CCC(c2ccc(NC(=O)C3CCCN3C(=O)CCCCC(O)OC)cc2)N1c1ccc(F)cc1. The summed E-state index contributed by atoms with van der Waals surface area (Å²) in [6.45, 7) is 6.53. The van der Waals surface area contributed by atoms with Crippen molar-refractivity contribution in [2.45, 2.75) is 82.7 Å². The largest absolute Gasteiger partial charge is 0.368 e. The monoisotopic (exact) mass is 563 g/mol. The van der Waals surface area contributed by atoms with Crippen molar-refractivity contribution in [2.24, 2.45) is 0 Å². The maximum Gasteiger partial charge on any atom is 0.247 e. The van der Waals surface area contributed by atoms with Gasteiger partial charge < -0.3 is 25.0 Å². The van der Waals surface area contributed by atoms with Gasteiger partial charge in [-0.25, -0.2) is 4.39 Å². The topological polar surface area (TPSA) is 82.1 Å². The number of hydrogen-bond donors (Lipinski definition) is 2. The van der Waals surface area contributed by atoms with E-state index in [-0.39, 0.29) is 29.7 Å². The minimum absolute atomic E-state index is 0.0256. The second-order valence-corrected chi connectivity index (χ2v) is 10.9. The van der Waals surface area contributed by atoms with Crippen molar-refractivity contribution in [2.75, 3.05) is 23.9 Å². The van der Waals surface area contributed by atoms with Crippen LogP contribution in [-0.4, -0.2) is 53.8 Å². The van der Waals surface area contributed by atoms with Crippen molar-refractivity contribution in [3.63, 3.8) is 0 Å². The van der Waals surface area contributed by atoms with Gasteiger partial charge in [0.25, 0.3) is 0 Å². The third-order valence-corrected chi connectivity index (χ3v) is 8.22. The number of halogens is 1. The molecule has 220 valence electrons. The van der Waals surface area contributed by atoms with E-state index in [1.54, 1.807) is 11.0 Å². The van der Waals surface area contributed by atoms with E-state index in [9.17, 15) is 19.1 Å². The number of likely N-dealkylation sites (tertiary alicyclic amines) is 1. The molecule has 41 heavy (non-hydrogen) atoms. The number of carbonyl (C=O) groups is 2. The highest BCUT2D eigenvalue weighted by Crippen LogP contribution is 2.42. The molecule has 0 radical (unpaired) electrons. The van der Waals surface area contributed by atoms with E-state index >= 15 is 0 Å². The molecule has 8 heteroatoms. The number of anilines is 2. The molecule has 2 aliphatic rings. The lowest BCUT2D eigenvalue weighted by atomic mass is 10.0. The van der Waals surface area contributed by atoms with Gasteiger partial charge in [-0.05, 0) is 93.8 Å². The van der Waals surface area contributed by atoms with Crippen LogP contribution in [0.1, 0.15) is 69.9 Å². The zero-order chi connectivity index (χ0) is 29.4. The minimum Gasteiger partial charge on any atom is -0.368 e. The Morgan fingerprint density at radius 2 is 1.83 bits per heavy atom. The third-order valence-electron chi connectivity index (χ3n) is 8.22. The zero-order valence-electron chi connectivity index (χ0n) is 24.1. The van der Waals surface area contributed by atoms with Gasteiger partial charge >= 0.3 is 0 Å². The standard InChI is InChI=1S/C33H42FN3O4/c1-4-8-23(2)28-20-21-29(37(28)27-18-14-25(34)15-19-27)24-12-16-26(17-13-24)35-33(40)30-9-7-22-36(30)31(38)10-5-6-11-32(39)41-3/h4,8,12-19,28-30,32,39H,1,5-7,9-11,20-22H2,2-3H3,(H,35,40). The molecule has 0 aliphatic carbocycles. The lowest BCUT2D eigenvalue weighted by Crippen LogP contribution is -2.43. The number of unbranched alkanes of at least 4 members (excludes halogenated alkanes) is 1. The van der Waals surface area contributed by atoms with Crippen molar-refractivity contribution in [3.8, 4) is 0 Å². The predicted octanol–water partition coefficient (Wildman–Crippen LogP) is 6.12. The molecule has 2 heterocycles. The molecule has 2 aromatic carbocycles. The van der Waals surface area contributed by atoms with Gasteiger partial charge in [-0.3, -0.25) is 9.59 Å². The summed E-state index contributed by atoms with van der Waals surface area (Å²) in [6.07, 6.45) is 8.55. The van der Waals surface area contributed by atoms with Gasteiger partial charge in [-0.15, -0.1) is 0 Å². The Labute approximate surface area is 242 Å². The molecule has 0 saturated carbocycles. The van der Waals surface area contributed by atoms with Crippen molar-refractivity contribution in [1.29, 1.82) is 0 Å². The molecule has 2 aliphatic heterocycles. The van der Waals surface area contributed by atoms with E-state index in [2.05, 4.69) is 23.7 Å². The van der Waals surface area contributed by atoms with E-state index in [4.69, 9.17) is 4.74 Å². The second-order valence-electron chi connectivity index (χ2n) is 10.9. The molecule has 0 spiro atoms. The molecule has 2 saturated heterocycles. The molecule has 0 bridgehead atoms. The van der Waals surface area contributed by atoms with Crippen LogP contribution in [0.25, 0.3) is 0 Å². The Balaban J connectivity index is 1.40. The summed E-state index contributed by atoms with van der Waals surface area (Å²) in [4.78, 5) is 30.0. The number of aliphatic hydroxyl groups is 1. The fourth-order valence-electron chi connectivity index (χ4n) is 6.06. The Hall–Kier alpha value is -3.49. The average molecular weight is 564 g/mol. The number of carbonyl (C=O) groups excluding carboxylic acids is 2. The first kappa shape index (κ1) is 30.5. The van der Waals surface area contributed by atoms with Crippen LogP contribution in [0.3, 0.4) is 0 Å². The fraction of sp³-hybridized carbons (Fsp3) is 0.455. The van der Waals surface area contributed by atoms with Crippen LogP contribution in [0.5, 0.6) is 0 Å². The quantitative estimate of drug-likeness (QED) is 0.185. The Morgan fingerprint density at radius 3 is 2.51 bits per heavy atom. The number of hydrogen-bond acceptors (Lipinski definition) is 5. The minimum atomic E-state index is -0.805. The van der Waals surface area contributed by atoms with Gasteiger partial charge in [-0.1, -0.05) is 36.4 Å². The van der Waals surface area contributed by atoms with Gasteiger partial charge in [0.05, 0.1) is 12.1 Å². The van der Waals surface area contributed by atoms with Gasteiger partial charge in [0.15, 0.2) is 6.29 Å². The molecular formula is C33H42FN3O4. The third kappa shape index (κ3) is 7.63. The lowest BCUT2D eigenvalue weighted by molar-refractivity contribution is -0.136. The number of nitrogens with zero attached hydrogens (tertiary/aromatic N) is 2. The van der Waals surface area contributed by atoms with Crippen LogP contribution in [0, 0.1) is 5.82 Å². The second kappa shape index (κ2) is 14.4. The zero-order valence-corrected chi connectivity index (χ0v) is 24.1. The summed E-state index contributed by atoms with van der Waals surface area (Å²) < 4.78 is 18.5. The summed E-state index contributed by atoms with van der Waals surface area (Å²) >= 11 is 0. The van der Waals surface area contributed by atoms with Crippen LogP contribution in [0.4, 0.5) is 15.8 Å². The van der Waals surface area contributed by atoms with Crippen LogP contribution in [0.15, 0.2) is 72.8 Å². The van der Waals surface area contributed by atoms with E-state index in [1.807, 2.05) is 42.5 Å². The molecule has 2 amide bonds.